The van der Waals surface area contributed by atoms with Crippen molar-refractivity contribution in [3.8, 4) is 0 Å². The van der Waals surface area contributed by atoms with E-state index in [1.54, 1.807) is 13.0 Å². The second-order valence-electron chi connectivity index (χ2n) is 6.01. The fourth-order valence-corrected chi connectivity index (χ4v) is 2.04. The first-order valence-corrected chi connectivity index (χ1v) is 7.29. The Morgan fingerprint density at radius 3 is 2.87 bits per heavy atom. The Kier molecular flexibility index (Phi) is 4.71. The van der Waals surface area contributed by atoms with Crippen LogP contribution in [0, 0.1) is 0 Å². The summed E-state index contributed by atoms with van der Waals surface area (Å²) in [5.74, 6) is -0.657. The second-order valence-corrected chi connectivity index (χ2v) is 6.01. The quantitative estimate of drug-likeness (QED) is 0.282. The van der Waals surface area contributed by atoms with Gasteiger partial charge in [0, 0.05) is 28.3 Å². The molecule has 23 heavy (non-hydrogen) atoms. The molecule has 0 aliphatic rings. The Balaban J connectivity index is 2.57. The predicted molar refractivity (Wildman–Crippen MR) is 87.6 cm³/mol. The van der Waals surface area contributed by atoms with Gasteiger partial charge in [-0.15, -0.1) is 0 Å². The number of aromatic nitrogens is 2. The lowest BCUT2D eigenvalue weighted by atomic mass is 9.93. The van der Waals surface area contributed by atoms with Crippen molar-refractivity contribution in [3.05, 3.63) is 51.9 Å². The van der Waals surface area contributed by atoms with Gasteiger partial charge >= 0.3 is 5.97 Å². The number of ether oxygens (including phenoxy) is 1. The van der Waals surface area contributed by atoms with E-state index in [0.717, 1.165) is 5.69 Å². The molecule has 0 bridgehead atoms. The fourth-order valence-electron chi connectivity index (χ4n) is 2.04. The molecule has 7 nitrogen and oxygen atoms in total. The molecular formula is C16H19N5O2. The minimum absolute atomic E-state index is 0.0947. The number of fused-ring (bicyclic) bond motifs is 1. The standard InChI is InChI=1S/C16H19N5O2/c1-5-23-15(22)12(19-20-17)9-11-7-6-8-21-10-13(16(2,3)4)18-14(11)21/h6-10H,5H2,1-4H3. The molecule has 120 valence electrons. The zero-order valence-electron chi connectivity index (χ0n) is 13.6. The Labute approximate surface area is 134 Å². The van der Waals surface area contributed by atoms with Gasteiger partial charge in [-0.3, -0.25) is 0 Å². The Morgan fingerprint density at radius 1 is 1.52 bits per heavy atom. The summed E-state index contributed by atoms with van der Waals surface area (Å²) in [6.07, 6.45) is 5.32. The lowest BCUT2D eigenvalue weighted by Gasteiger charge is -2.13. The Hall–Kier alpha value is -2.79. The van der Waals surface area contributed by atoms with Gasteiger partial charge in [0.2, 0.25) is 0 Å². The summed E-state index contributed by atoms with van der Waals surface area (Å²) in [5.41, 5.74) is 10.8. The maximum absolute atomic E-state index is 11.9. The molecule has 0 aromatic carbocycles. The van der Waals surface area contributed by atoms with Crippen LogP contribution in [0.5, 0.6) is 0 Å². The number of rotatable bonds is 4. The van der Waals surface area contributed by atoms with Gasteiger partial charge in [0.1, 0.15) is 11.3 Å². The van der Waals surface area contributed by atoms with Crippen LogP contribution in [0.1, 0.15) is 39.0 Å². The number of pyridine rings is 1. The van der Waals surface area contributed by atoms with Crippen LogP contribution in [0.25, 0.3) is 22.2 Å². The van der Waals surface area contributed by atoms with Crippen molar-refractivity contribution in [2.75, 3.05) is 6.61 Å². The summed E-state index contributed by atoms with van der Waals surface area (Å²) in [5, 5.41) is 3.43. The van der Waals surface area contributed by atoms with Gasteiger partial charge < -0.3 is 9.14 Å². The number of hydrogen-bond donors (Lipinski definition) is 0. The van der Waals surface area contributed by atoms with E-state index in [1.807, 2.05) is 22.9 Å². The summed E-state index contributed by atoms with van der Waals surface area (Å²) >= 11 is 0. The minimum Gasteiger partial charge on any atom is -0.462 e. The van der Waals surface area contributed by atoms with Gasteiger partial charge in [-0.1, -0.05) is 25.9 Å². The third kappa shape index (κ3) is 3.70. The second kappa shape index (κ2) is 6.54. The van der Waals surface area contributed by atoms with E-state index in [2.05, 4.69) is 35.8 Å². The molecule has 2 heterocycles. The number of carbonyl (C=O) groups is 1. The predicted octanol–water partition coefficient (Wildman–Crippen LogP) is 3.85. The van der Waals surface area contributed by atoms with E-state index in [0.29, 0.717) is 11.2 Å². The molecule has 0 N–H and O–H groups in total. The molecule has 2 aromatic rings. The van der Waals surface area contributed by atoms with Gasteiger partial charge in [0.25, 0.3) is 0 Å². The Morgan fingerprint density at radius 2 is 2.26 bits per heavy atom. The van der Waals surface area contributed by atoms with Crippen molar-refractivity contribution in [1.29, 1.82) is 0 Å². The van der Waals surface area contributed by atoms with Crippen LogP contribution in [0.3, 0.4) is 0 Å². The first-order chi connectivity index (χ1) is 10.9. The van der Waals surface area contributed by atoms with E-state index in [-0.39, 0.29) is 17.7 Å². The zero-order chi connectivity index (χ0) is 17.0. The first kappa shape index (κ1) is 16.6. The number of nitrogens with zero attached hydrogens (tertiary/aromatic N) is 5. The zero-order valence-corrected chi connectivity index (χ0v) is 13.6. The highest BCUT2D eigenvalue weighted by Crippen LogP contribution is 2.24. The van der Waals surface area contributed by atoms with E-state index < -0.39 is 5.97 Å². The molecule has 0 spiro atoms. The van der Waals surface area contributed by atoms with E-state index >= 15 is 0 Å². The van der Waals surface area contributed by atoms with Gasteiger partial charge in [-0.05, 0) is 30.7 Å². The fraction of sp³-hybridized carbons (Fsp3) is 0.375. The van der Waals surface area contributed by atoms with E-state index in [4.69, 9.17) is 10.3 Å². The van der Waals surface area contributed by atoms with Crippen LogP contribution in [-0.2, 0) is 14.9 Å². The maximum atomic E-state index is 11.9. The van der Waals surface area contributed by atoms with E-state index in [9.17, 15) is 4.79 Å². The molecule has 7 heteroatoms. The van der Waals surface area contributed by atoms with Gasteiger partial charge in [-0.2, -0.15) is 0 Å². The molecule has 0 aliphatic carbocycles. The lowest BCUT2D eigenvalue weighted by Crippen LogP contribution is -2.11. The van der Waals surface area contributed by atoms with Crippen LogP contribution >= 0.6 is 0 Å². The normalized spacial score (nSPS) is 12.1. The monoisotopic (exact) mass is 313 g/mol. The average molecular weight is 313 g/mol. The molecule has 0 fully saturated rings. The number of carbonyl (C=O) groups excluding carboxylic acids is 1. The molecule has 2 aromatic heterocycles. The van der Waals surface area contributed by atoms with Crippen molar-refractivity contribution in [3.63, 3.8) is 0 Å². The van der Waals surface area contributed by atoms with Crippen molar-refractivity contribution in [2.45, 2.75) is 33.1 Å². The summed E-state index contributed by atoms with van der Waals surface area (Å²) in [6, 6.07) is 3.65. The summed E-state index contributed by atoms with van der Waals surface area (Å²) in [4.78, 5) is 19.2. The third-order valence-corrected chi connectivity index (χ3v) is 3.21. The highest BCUT2D eigenvalue weighted by Gasteiger charge is 2.18. The molecule has 0 amide bonds. The number of azide groups is 1. The Bertz CT molecular complexity index is 807. The molecule has 0 unspecified atom stereocenters. The maximum Gasteiger partial charge on any atom is 0.340 e. The average Bonchev–Trinajstić information content (AvgIpc) is 2.92. The molecule has 2 rings (SSSR count). The first-order valence-electron chi connectivity index (χ1n) is 7.29. The van der Waals surface area contributed by atoms with Crippen molar-refractivity contribution in [2.24, 2.45) is 5.11 Å². The summed E-state index contributed by atoms with van der Waals surface area (Å²) in [7, 11) is 0. The molecule has 0 atom stereocenters. The van der Waals surface area contributed by atoms with Gasteiger partial charge in [0.05, 0.1) is 12.3 Å². The highest BCUT2D eigenvalue weighted by atomic mass is 16.5. The van der Waals surface area contributed by atoms with Crippen LogP contribution in [-0.4, -0.2) is 22.0 Å². The largest absolute Gasteiger partial charge is 0.462 e. The van der Waals surface area contributed by atoms with Gasteiger partial charge in [-0.25, -0.2) is 9.78 Å². The third-order valence-electron chi connectivity index (χ3n) is 3.21. The molecule has 0 saturated heterocycles. The van der Waals surface area contributed by atoms with Crippen molar-refractivity contribution >= 4 is 17.7 Å². The highest BCUT2D eigenvalue weighted by molar-refractivity contribution is 5.94. The molecule has 0 saturated carbocycles. The molecule has 0 aliphatic heterocycles. The van der Waals surface area contributed by atoms with Gasteiger partial charge in [0.15, 0.2) is 0 Å². The molecule has 0 radical (unpaired) electrons. The number of esters is 1. The van der Waals surface area contributed by atoms with Crippen LogP contribution in [0.4, 0.5) is 0 Å². The van der Waals surface area contributed by atoms with Crippen LogP contribution in [0.2, 0.25) is 0 Å². The summed E-state index contributed by atoms with van der Waals surface area (Å²) < 4.78 is 6.78. The van der Waals surface area contributed by atoms with Crippen molar-refractivity contribution in [1.82, 2.24) is 9.38 Å². The SMILES string of the molecule is CCOC(=O)C(=Cc1cccn2cc(C(C)(C)C)nc12)N=[N+]=[N-]. The number of hydrogen-bond acceptors (Lipinski definition) is 4. The smallest absolute Gasteiger partial charge is 0.340 e. The van der Waals surface area contributed by atoms with Crippen LogP contribution in [0.15, 0.2) is 35.3 Å². The molecular weight excluding hydrogens is 294 g/mol. The van der Waals surface area contributed by atoms with E-state index in [1.165, 1.54) is 6.08 Å². The number of imidazole rings is 1. The topological polar surface area (TPSA) is 92.4 Å². The minimum atomic E-state index is -0.657. The van der Waals surface area contributed by atoms with Crippen molar-refractivity contribution < 1.29 is 9.53 Å². The summed E-state index contributed by atoms with van der Waals surface area (Å²) in [6.45, 7) is 8.13. The lowest BCUT2D eigenvalue weighted by molar-refractivity contribution is -0.138. The van der Waals surface area contributed by atoms with Crippen LogP contribution < -0.4 is 0 Å².